The fourth-order valence-electron chi connectivity index (χ4n) is 1.23. The summed E-state index contributed by atoms with van der Waals surface area (Å²) in [5.74, 6) is -2.50. The monoisotopic (exact) mass is 283 g/mol. The molecule has 0 fully saturated rings. The fourth-order valence-corrected chi connectivity index (χ4v) is 3.64. The molecule has 0 saturated heterocycles. The van der Waals surface area contributed by atoms with Crippen LogP contribution in [0.15, 0.2) is 24.4 Å². The smallest absolute Gasteiger partial charge is 0.355 e. The lowest BCUT2D eigenvalue weighted by Gasteiger charge is -2.23. The molecule has 2 atom stereocenters. The normalized spacial score (nSPS) is 16.5. The standard InChI is InChI=1S/C7H11NO7P2/c9-7(17(13,14)15)6(16(10,11)12)5-3-1-2-4-8-5/h1-4,6-7,9H,(H2,10,11,12)(H2,13,14,15). The number of pyridine rings is 1. The van der Waals surface area contributed by atoms with Gasteiger partial charge in [-0.3, -0.25) is 14.1 Å². The van der Waals surface area contributed by atoms with E-state index in [-0.39, 0.29) is 5.69 Å². The largest absolute Gasteiger partial charge is 0.379 e. The fraction of sp³-hybridized carbons (Fsp3) is 0.286. The maximum atomic E-state index is 11.2. The van der Waals surface area contributed by atoms with Gasteiger partial charge in [0.2, 0.25) is 0 Å². The third kappa shape index (κ3) is 3.69. The maximum absolute atomic E-state index is 11.2. The molecule has 0 aliphatic carbocycles. The van der Waals surface area contributed by atoms with Gasteiger partial charge in [0.15, 0.2) is 5.85 Å². The Hall–Kier alpha value is -0.590. The predicted molar refractivity (Wildman–Crippen MR) is 57.1 cm³/mol. The molecule has 0 aromatic carbocycles. The molecule has 1 heterocycles. The minimum atomic E-state index is -5.05. The third-order valence-electron chi connectivity index (χ3n) is 1.98. The Kier molecular flexibility index (Phi) is 4.22. The number of hydrogen-bond donors (Lipinski definition) is 5. The number of nitrogens with zero attached hydrogens (tertiary/aromatic N) is 1. The van der Waals surface area contributed by atoms with Crippen LogP contribution in [0.2, 0.25) is 0 Å². The van der Waals surface area contributed by atoms with E-state index in [1.165, 1.54) is 24.4 Å². The SMILES string of the molecule is O=P(O)(O)C(O)C(c1ccccn1)P(=O)(O)O. The number of hydrogen-bond acceptors (Lipinski definition) is 4. The highest BCUT2D eigenvalue weighted by Crippen LogP contribution is 2.60. The minimum absolute atomic E-state index is 0.281. The summed E-state index contributed by atoms with van der Waals surface area (Å²) in [6, 6.07) is 4.02. The molecule has 5 N–H and O–H groups in total. The zero-order valence-electron chi connectivity index (χ0n) is 8.36. The van der Waals surface area contributed by atoms with E-state index in [0.29, 0.717) is 0 Å². The van der Waals surface area contributed by atoms with Gasteiger partial charge in [0.05, 0.1) is 5.69 Å². The highest BCUT2D eigenvalue weighted by molar-refractivity contribution is 7.56. The molecule has 0 aliphatic heterocycles. The van der Waals surface area contributed by atoms with Crippen LogP contribution in [-0.2, 0) is 9.13 Å². The quantitative estimate of drug-likeness (QED) is 0.477. The number of aliphatic hydroxyl groups excluding tert-OH is 1. The van der Waals surface area contributed by atoms with Crippen molar-refractivity contribution in [3.05, 3.63) is 30.1 Å². The van der Waals surface area contributed by atoms with Crippen LogP contribution in [0.3, 0.4) is 0 Å². The molecular weight excluding hydrogens is 272 g/mol. The first-order valence-electron chi connectivity index (χ1n) is 4.33. The molecule has 1 aromatic heterocycles. The van der Waals surface area contributed by atoms with Crippen molar-refractivity contribution in [2.24, 2.45) is 0 Å². The first-order chi connectivity index (χ1) is 7.64. The number of rotatable bonds is 4. The Bertz CT molecular complexity index is 466. The van der Waals surface area contributed by atoms with Crippen molar-refractivity contribution in [3.8, 4) is 0 Å². The molecule has 0 amide bonds. The zero-order chi connectivity index (χ0) is 13.3. The molecule has 0 aliphatic rings. The van der Waals surface area contributed by atoms with E-state index in [0.717, 1.165) is 0 Å². The van der Waals surface area contributed by atoms with Gasteiger partial charge in [-0.25, -0.2) is 0 Å². The summed E-state index contributed by atoms with van der Waals surface area (Å²) in [7, 11) is -10.0. The Labute approximate surface area is 96.3 Å². The van der Waals surface area contributed by atoms with Gasteiger partial charge in [-0.1, -0.05) is 6.07 Å². The minimum Gasteiger partial charge on any atom is -0.379 e. The molecular formula is C7H11NO7P2. The van der Waals surface area contributed by atoms with Gasteiger partial charge in [0.1, 0.15) is 5.66 Å². The summed E-state index contributed by atoms with van der Waals surface area (Å²) in [5.41, 5.74) is -2.33. The van der Waals surface area contributed by atoms with E-state index in [2.05, 4.69) is 4.98 Å². The molecule has 0 spiro atoms. The third-order valence-corrected chi connectivity index (χ3v) is 4.47. The lowest BCUT2D eigenvalue weighted by molar-refractivity contribution is 0.183. The summed E-state index contributed by atoms with van der Waals surface area (Å²) in [4.78, 5) is 39.2. The first-order valence-corrected chi connectivity index (χ1v) is 7.70. The molecule has 2 unspecified atom stereocenters. The van der Waals surface area contributed by atoms with Crippen LogP contribution >= 0.6 is 15.2 Å². The van der Waals surface area contributed by atoms with E-state index in [4.69, 9.17) is 19.6 Å². The predicted octanol–water partition coefficient (Wildman–Crippen LogP) is -0.204. The molecule has 1 aromatic rings. The van der Waals surface area contributed by atoms with E-state index in [1.807, 2.05) is 0 Å². The molecule has 0 bridgehead atoms. The maximum Gasteiger partial charge on any atom is 0.355 e. The molecule has 10 heteroatoms. The van der Waals surface area contributed by atoms with Crippen molar-refractivity contribution >= 4 is 15.2 Å². The van der Waals surface area contributed by atoms with Crippen molar-refractivity contribution in [2.75, 3.05) is 0 Å². The topological polar surface area (TPSA) is 148 Å². The van der Waals surface area contributed by atoms with Gasteiger partial charge in [-0.2, -0.15) is 0 Å². The van der Waals surface area contributed by atoms with Gasteiger partial charge in [-0.05, 0) is 12.1 Å². The van der Waals surface area contributed by atoms with Crippen LogP contribution in [0, 0.1) is 0 Å². The van der Waals surface area contributed by atoms with Gasteiger partial charge < -0.3 is 24.7 Å². The van der Waals surface area contributed by atoms with Crippen molar-refractivity contribution in [1.82, 2.24) is 4.98 Å². The van der Waals surface area contributed by atoms with Crippen molar-refractivity contribution < 1.29 is 33.8 Å². The summed E-state index contributed by atoms with van der Waals surface area (Å²) in [5, 5.41) is 9.34. The van der Waals surface area contributed by atoms with Crippen molar-refractivity contribution in [2.45, 2.75) is 11.5 Å². The second-order valence-electron chi connectivity index (χ2n) is 3.29. The second kappa shape index (κ2) is 4.96. The van der Waals surface area contributed by atoms with Gasteiger partial charge in [-0.15, -0.1) is 0 Å². The lowest BCUT2D eigenvalue weighted by Crippen LogP contribution is -2.20. The highest BCUT2D eigenvalue weighted by Gasteiger charge is 2.46. The average Bonchev–Trinajstić information content (AvgIpc) is 2.15. The Balaban J connectivity index is 3.25. The first kappa shape index (κ1) is 14.5. The molecule has 8 nitrogen and oxygen atoms in total. The molecule has 1 rings (SSSR count). The molecule has 0 radical (unpaired) electrons. The van der Waals surface area contributed by atoms with Crippen LogP contribution in [0.25, 0.3) is 0 Å². The summed E-state index contributed by atoms with van der Waals surface area (Å²) in [6.45, 7) is 0. The summed E-state index contributed by atoms with van der Waals surface area (Å²) in [6.07, 6.45) is 1.20. The average molecular weight is 283 g/mol. The number of aliphatic hydroxyl groups is 1. The Morgan fingerprint density at radius 2 is 1.65 bits per heavy atom. The molecule has 96 valence electrons. The van der Waals surface area contributed by atoms with Crippen molar-refractivity contribution in [1.29, 1.82) is 0 Å². The number of aromatic nitrogens is 1. The highest BCUT2D eigenvalue weighted by atomic mass is 31.2. The van der Waals surface area contributed by atoms with Gasteiger partial charge in [0.25, 0.3) is 0 Å². The molecule has 17 heavy (non-hydrogen) atoms. The summed E-state index contributed by atoms with van der Waals surface area (Å²) >= 11 is 0. The van der Waals surface area contributed by atoms with E-state index >= 15 is 0 Å². The van der Waals surface area contributed by atoms with Crippen LogP contribution in [-0.4, -0.2) is 35.5 Å². The van der Waals surface area contributed by atoms with Crippen molar-refractivity contribution in [3.63, 3.8) is 0 Å². The lowest BCUT2D eigenvalue weighted by atomic mass is 10.3. The van der Waals surface area contributed by atoms with E-state index in [9.17, 15) is 14.2 Å². The molecule has 0 saturated carbocycles. The van der Waals surface area contributed by atoms with Crippen LogP contribution in [0.5, 0.6) is 0 Å². The van der Waals surface area contributed by atoms with Crippen LogP contribution in [0.1, 0.15) is 11.4 Å². The Morgan fingerprint density at radius 3 is 2.00 bits per heavy atom. The van der Waals surface area contributed by atoms with Gasteiger partial charge in [0, 0.05) is 6.20 Å². The van der Waals surface area contributed by atoms with Gasteiger partial charge >= 0.3 is 15.2 Å². The summed E-state index contributed by atoms with van der Waals surface area (Å²) < 4.78 is 22.0. The van der Waals surface area contributed by atoms with E-state index in [1.54, 1.807) is 0 Å². The Morgan fingerprint density at radius 1 is 1.06 bits per heavy atom. The second-order valence-corrected chi connectivity index (χ2v) is 6.73. The van der Waals surface area contributed by atoms with E-state index < -0.39 is 26.7 Å². The van der Waals surface area contributed by atoms with Crippen LogP contribution < -0.4 is 0 Å². The zero-order valence-corrected chi connectivity index (χ0v) is 10.1. The van der Waals surface area contributed by atoms with Crippen LogP contribution in [0.4, 0.5) is 0 Å².